The lowest BCUT2D eigenvalue weighted by Gasteiger charge is -2.19. The van der Waals surface area contributed by atoms with Crippen molar-refractivity contribution in [1.29, 1.82) is 0 Å². The molecule has 0 spiro atoms. The fourth-order valence-electron chi connectivity index (χ4n) is 2.95. The molecule has 0 heterocycles. The van der Waals surface area contributed by atoms with Gasteiger partial charge < -0.3 is 5.32 Å². The molecule has 0 aliphatic rings. The Balaban J connectivity index is 2.09. The highest BCUT2D eigenvalue weighted by atomic mass is 14.9. The highest BCUT2D eigenvalue weighted by Gasteiger charge is 2.14. The maximum absolute atomic E-state index is 3.46. The van der Waals surface area contributed by atoms with Crippen LogP contribution in [-0.2, 0) is 6.42 Å². The van der Waals surface area contributed by atoms with E-state index in [0.717, 1.165) is 6.42 Å². The van der Waals surface area contributed by atoms with E-state index in [1.807, 2.05) is 7.05 Å². The quantitative estimate of drug-likeness (QED) is 0.727. The maximum Gasteiger partial charge on any atom is 0.0580 e. The first-order valence-electron chi connectivity index (χ1n) is 7.57. The summed E-state index contributed by atoms with van der Waals surface area (Å²) in [6.07, 6.45) is 1.08. The molecule has 0 amide bonds. The average Bonchev–Trinajstić information content (AvgIpc) is 2.56. The summed E-state index contributed by atoms with van der Waals surface area (Å²) in [7, 11) is 2.03. The van der Waals surface area contributed by atoms with Gasteiger partial charge in [-0.1, -0.05) is 73.7 Å². The Hall–Kier alpha value is -2.12. The molecule has 0 aliphatic carbocycles. The lowest BCUT2D eigenvalue weighted by atomic mass is 9.93. The summed E-state index contributed by atoms with van der Waals surface area (Å²) in [5.41, 5.74) is 4.03. The van der Waals surface area contributed by atoms with Crippen molar-refractivity contribution in [1.82, 2.24) is 5.32 Å². The van der Waals surface area contributed by atoms with Crippen LogP contribution in [-0.4, -0.2) is 7.05 Å². The first-order valence-corrected chi connectivity index (χ1v) is 7.57. The molecule has 3 aromatic rings. The summed E-state index contributed by atoms with van der Waals surface area (Å²) in [6.45, 7) is 2.19. The molecule has 0 aliphatic heterocycles. The molecule has 0 aromatic heterocycles. The van der Waals surface area contributed by atoms with Crippen LogP contribution in [0.15, 0.2) is 66.7 Å². The van der Waals surface area contributed by atoms with E-state index in [-0.39, 0.29) is 6.04 Å². The van der Waals surface area contributed by atoms with Gasteiger partial charge in [-0.05, 0) is 40.9 Å². The van der Waals surface area contributed by atoms with Crippen molar-refractivity contribution < 1.29 is 0 Å². The minimum absolute atomic E-state index is 0.224. The lowest BCUT2D eigenvalue weighted by molar-refractivity contribution is 0.696. The Morgan fingerprint density at radius 1 is 0.857 bits per heavy atom. The average molecular weight is 275 g/mol. The van der Waals surface area contributed by atoms with E-state index in [2.05, 4.69) is 79.0 Å². The summed E-state index contributed by atoms with van der Waals surface area (Å²) in [5.74, 6) is 0. The first kappa shape index (κ1) is 13.8. The summed E-state index contributed by atoms with van der Waals surface area (Å²) in [4.78, 5) is 0. The number of nitrogens with one attached hydrogen (secondary N) is 1. The lowest BCUT2D eigenvalue weighted by Crippen LogP contribution is -2.18. The van der Waals surface area contributed by atoms with E-state index < -0.39 is 0 Å². The van der Waals surface area contributed by atoms with Gasteiger partial charge >= 0.3 is 0 Å². The van der Waals surface area contributed by atoms with Crippen LogP contribution in [0, 0.1) is 0 Å². The molecule has 1 heteroatoms. The van der Waals surface area contributed by atoms with Crippen molar-refractivity contribution in [3.8, 4) is 0 Å². The standard InChI is InChI=1S/C20H21N/c1-3-15-11-13-17(14-12-15)20(21-2)19-10-6-8-16-7-4-5-9-18(16)19/h4-14,20-21H,3H2,1-2H3. The Morgan fingerprint density at radius 3 is 2.29 bits per heavy atom. The van der Waals surface area contributed by atoms with Gasteiger partial charge in [-0.2, -0.15) is 0 Å². The van der Waals surface area contributed by atoms with Gasteiger partial charge in [0.05, 0.1) is 6.04 Å². The van der Waals surface area contributed by atoms with Gasteiger partial charge in [0.2, 0.25) is 0 Å². The molecule has 0 bridgehead atoms. The normalized spacial score (nSPS) is 12.5. The predicted octanol–water partition coefficient (Wildman–Crippen LogP) is 4.71. The van der Waals surface area contributed by atoms with Crippen LogP contribution in [0.1, 0.15) is 29.7 Å². The van der Waals surface area contributed by atoms with Crippen molar-refractivity contribution in [3.05, 3.63) is 83.4 Å². The van der Waals surface area contributed by atoms with Gasteiger partial charge in [0, 0.05) is 0 Å². The van der Waals surface area contributed by atoms with Crippen molar-refractivity contribution in [3.63, 3.8) is 0 Å². The molecule has 1 nitrogen and oxygen atoms in total. The van der Waals surface area contributed by atoms with Crippen molar-refractivity contribution in [2.75, 3.05) is 7.05 Å². The van der Waals surface area contributed by atoms with E-state index in [4.69, 9.17) is 0 Å². The Bertz CT molecular complexity index is 723. The molecule has 0 saturated carbocycles. The van der Waals surface area contributed by atoms with Crippen LogP contribution in [0.25, 0.3) is 10.8 Å². The third-order valence-corrected chi connectivity index (χ3v) is 4.14. The monoisotopic (exact) mass is 275 g/mol. The number of benzene rings is 3. The third-order valence-electron chi connectivity index (χ3n) is 4.14. The maximum atomic E-state index is 3.46. The fourth-order valence-corrected chi connectivity index (χ4v) is 2.95. The number of rotatable bonds is 4. The van der Waals surface area contributed by atoms with Gasteiger partial charge in [-0.25, -0.2) is 0 Å². The number of fused-ring (bicyclic) bond motifs is 1. The largest absolute Gasteiger partial charge is 0.309 e. The molecule has 0 radical (unpaired) electrons. The smallest absolute Gasteiger partial charge is 0.0580 e. The van der Waals surface area contributed by atoms with Crippen LogP contribution in [0.2, 0.25) is 0 Å². The fraction of sp³-hybridized carbons (Fsp3) is 0.200. The predicted molar refractivity (Wildman–Crippen MR) is 90.7 cm³/mol. The Kier molecular flexibility index (Phi) is 4.03. The minimum Gasteiger partial charge on any atom is -0.309 e. The van der Waals surface area contributed by atoms with E-state index in [1.54, 1.807) is 0 Å². The van der Waals surface area contributed by atoms with Crippen LogP contribution in [0.3, 0.4) is 0 Å². The van der Waals surface area contributed by atoms with Crippen LogP contribution < -0.4 is 5.32 Å². The topological polar surface area (TPSA) is 12.0 Å². The molecular formula is C20H21N. The van der Waals surface area contributed by atoms with E-state index in [1.165, 1.54) is 27.5 Å². The first-order chi connectivity index (χ1) is 10.3. The van der Waals surface area contributed by atoms with Gasteiger partial charge in [-0.15, -0.1) is 0 Å². The minimum atomic E-state index is 0.224. The molecule has 1 unspecified atom stereocenters. The Morgan fingerprint density at radius 2 is 1.57 bits per heavy atom. The number of aryl methyl sites for hydroxylation is 1. The zero-order chi connectivity index (χ0) is 14.7. The SMILES string of the molecule is CCc1ccc(C(NC)c2cccc3ccccc23)cc1. The van der Waals surface area contributed by atoms with E-state index >= 15 is 0 Å². The van der Waals surface area contributed by atoms with Gasteiger partial charge in [0.25, 0.3) is 0 Å². The highest BCUT2D eigenvalue weighted by molar-refractivity contribution is 5.86. The van der Waals surface area contributed by atoms with Crippen LogP contribution >= 0.6 is 0 Å². The zero-order valence-electron chi connectivity index (χ0n) is 12.6. The van der Waals surface area contributed by atoms with Crippen molar-refractivity contribution >= 4 is 10.8 Å². The molecule has 1 N–H and O–H groups in total. The second-order valence-electron chi connectivity index (χ2n) is 5.39. The van der Waals surface area contributed by atoms with Gasteiger partial charge in [0.1, 0.15) is 0 Å². The zero-order valence-corrected chi connectivity index (χ0v) is 12.6. The molecule has 3 rings (SSSR count). The number of hydrogen-bond acceptors (Lipinski definition) is 1. The summed E-state index contributed by atoms with van der Waals surface area (Å²) >= 11 is 0. The van der Waals surface area contributed by atoms with Crippen molar-refractivity contribution in [2.24, 2.45) is 0 Å². The van der Waals surface area contributed by atoms with Crippen LogP contribution in [0.5, 0.6) is 0 Å². The third kappa shape index (κ3) is 2.70. The molecule has 0 fully saturated rings. The van der Waals surface area contributed by atoms with E-state index in [9.17, 15) is 0 Å². The second-order valence-corrected chi connectivity index (χ2v) is 5.39. The Labute approximate surface area is 126 Å². The summed E-state index contributed by atoms with van der Waals surface area (Å²) in [6, 6.07) is 24.3. The molecule has 0 saturated heterocycles. The van der Waals surface area contributed by atoms with Gasteiger partial charge in [-0.3, -0.25) is 0 Å². The van der Waals surface area contributed by atoms with Crippen LogP contribution in [0.4, 0.5) is 0 Å². The van der Waals surface area contributed by atoms with Crippen molar-refractivity contribution in [2.45, 2.75) is 19.4 Å². The molecule has 21 heavy (non-hydrogen) atoms. The molecular weight excluding hydrogens is 254 g/mol. The van der Waals surface area contributed by atoms with E-state index in [0.29, 0.717) is 0 Å². The number of hydrogen-bond donors (Lipinski definition) is 1. The second kappa shape index (κ2) is 6.11. The summed E-state index contributed by atoms with van der Waals surface area (Å²) in [5, 5.41) is 6.07. The highest BCUT2D eigenvalue weighted by Crippen LogP contribution is 2.28. The molecule has 1 atom stereocenters. The van der Waals surface area contributed by atoms with Gasteiger partial charge in [0.15, 0.2) is 0 Å². The summed E-state index contributed by atoms with van der Waals surface area (Å²) < 4.78 is 0. The molecule has 106 valence electrons. The molecule has 3 aromatic carbocycles.